The smallest absolute Gasteiger partial charge is 0.346 e. The molecule has 0 saturated heterocycles. The molecule has 0 aliphatic rings. The van der Waals surface area contributed by atoms with Crippen molar-refractivity contribution in [2.24, 2.45) is 0 Å². The van der Waals surface area contributed by atoms with Crippen molar-refractivity contribution in [1.82, 2.24) is 0 Å². The maximum Gasteiger partial charge on any atom is 0.346 e. The van der Waals surface area contributed by atoms with Crippen LogP contribution >= 0.6 is 11.3 Å². The van der Waals surface area contributed by atoms with Gasteiger partial charge in [-0.3, -0.25) is 4.79 Å². The fourth-order valence-corrected chi connectivity index (χ4v) is 4.14. The first-order valence-corrected chi connectivity index (χ1v) is 9.46. The van der Waals surface area contributed by atoms with Crippen molar-refractivity contribution in [3.63, 3.8) is 0 Å². The fourth-order valence-electron chi connectivity index (χ4n) is 3.09. The summed E-state index contributed by atoms with van der Waals surface area (Å²) in [5, 5.41) is 27.9. The predicted molar refractivity (Wildman–Crippen MR) is 108 cm³/mol. The van der Waals surface area contributed by atoms with Gasteiger partial charge in [0, 0.05) is 10.4 Å². The number of carboxylic acid groups (broad SMARTS) is 2. The highest BCUT2D eigenvalue weighted by molar-refractivity contribution is 7.14. The van der Waals surface area contributed by atoms with E-state index < -0.39 is 11.9 Å². The normalized spacial score (nSPS) is 10.4. The Labute approximate surface area is 166 Å². The average molecular weight is 391 g/mol. The number of aliphatic carboxylic acids is 1. The van der Waals surface area contributed by atoms with Gasteiger partial charge in [-0.25, -0.2) is 4.79 Å². The second-order valence-electron chi connectivity index (χ2n) is 6.22. The van der Waals surface area contributed by atoms with Crippen LogP contribution in [0.3, 0.4) is 0 Å². The molecule has 28 heavy (non-hydrogen) atoms. The van der Waals surface area contributed by atoms with Crippen molar-refractivity contribution in [3.05, 3.63) is 69.4 Å². The number of hydrogen-bond acceptors (Lipinski definition) is 4. The molecule has 0 amide bonds. The summed E-state index contributed by atoms with van der Waals surface area (Å²) in [7, 11) is 0. The zero-order valence-electron chi connectivity index (χ0n) is 15.1. The lowest BCUT2D eigenvalue weighted by atomic mass is 9.96. The van der Waals surface area contributed by atoms with Crippen molar-refractivity contribution in [2.75, 3.05) is 0 Å². The summed E-state index contributed by atoms with van der Waals surface area (Å²) < 4.78 is 0. The molecule has 0 atom stereocenters. The molecule has 6 heteroatoms. The molecule has 0 fully saturated rings. The molecule has 2 aromatic carbocycles. The molecule has 1 aromatic heterocycles. The van der Waals surface area contributed by atoms with Gasteiger partial charge in [-0.15, -0.1) is 11.3 Å². The standard InChI is InChI=1S/C22H17NO4S/c1-2-18-17(12-23)20(21(28-18)22(26)27)16-9-7-15(8-10-16)14-5-3-13(4-6-14)11-19(24)25/h3-10H,2,11H2,1H3,(H,24,25)(H,26,27). The zero-order chi connectivity index (χ0) is 20.3. The quantitative estimate of drug-likeness (QED) is 0.626. The van der Waals surface area contributed by atoms with E-state index in [1.165, 1.54) is 0 Å². The summed E-state index contributed by atoms with van der Waals surface area (Å²) in [6.07, 6.45) is 0.584. The Hall–Kier alpha value is -3.43. The lowest BCUT2D eigenvalue weighted by molar-refractivity contribution is -0.136. The SMILES string of the molecule is CCc1sc(C(=O)O)c(-c2ccc(-c3ccc(CC(=O)O)cc3)cc2)c1C#N. The lowest BCUT2D eigenvalue weighted by Gasteiger charge is -2.07. The highest BCUT2D eigenvalue weighted by atomic mass is 32.1. The highest BCUT2D eigenvalue weighted by Gasteiger charge is 2.23. The number of carboxylic acids is 2. The van der Waals surface area contributed by atoms with Crippen LogP contribution in [0.1, 0.15) is 32.6 Å². The minimum absolute atomic E-state index is 0.0218. The number of thiophene rings is 1. The van der Waals surface area contributed by atoms with E-state index in [4.69, 9.17) is 5.11 Å². The van der Waals surface area contributed by atoms with Gasteiger partial charge in [0.1, 0.15) is 10.9 Å². The fraction of sp³-hybridized carbons (Fsp3) is 0.136. The number of aromatic carboxylic acids is 1. The van der Waals surface area contributed by atoms with Gasteiger partial charge in [0.05, 0.1) is 12.0 Å². The third-order valence-electron chi connectivity index (χ3n) is 4.42. The first-order valence-electron chi connectivity index (χ1n) is 8.65. The highest BCUT2D eigenvalue weighted by Crippen LogP contribution is 2.37. The third-order valence-corrected chi connectivity index (χ3v) is 5.75. The van der Waals surface area contributed by atoms with Crippen LogP contribution in [-0.2, 0) is 17.6 Å². The predicted octanol–water partition coefficient (Wildman–Crippen LogP) is 4.84. The summed E-state index contributed by atoms with van der Waals surface area (Å²) >= 11 is 1.15. The summed E-state index contributed by atoms with van der Waals surface area (Å²) in [5.41, 5.74) is 4.17. The van der Waals surface area contributed by atoms with Crippen molar-refractivity contribution < 1.29 is 19.8 Å². The van der Waals surface area contributed by atoms with Crippen LogP contribution in [0.2, 0.25) is 0 Å². The Morgan fingerprint density at radius 3 is 1.96 bits per heavy atom. The molecule has 5 nitrogen and oxygen atoms in total. The van der Waals surface area contributed by atoms with Crippen LogP contribution in [0, 0.1) is 11.3 Å². The van der Waals surface area contributed by atoms with E-state index in [1.54, 1.807) is 12.1 Å². The molecule has 3 rings (SSSR count). The van der Waals surface area contributed by atoms with Gasteiger partial charge in [-0.2, -0.15) is 5.26 Å². The number of nitriles is 1. The number of benzene rings is 2. The van der Waals surface area contributed by atoms with Gasteiger partial charge >= 0.3 is 11.9 Å². The molecule has 3 aromatic rings. The van der Waals surface area contributed by atoms with E-state index in [9.17, 15) is 20.0 Å². The van der Waals surface area contributed by atoms with Crippen molar-refractivity contribution in [3.8, 4) is 28.3 Å². The van der Waals surface area contributed by atoms with E-state index in [1.807, 2.05) is 43.3 Å². The summed E-state index contributed by atoms with van der Waals surface area (Å²) in [4.78, 5) is 23.4. The number of carbonyl (C=O) groups is 2. The van der Waals surface area contributed by atoms with Crippen molar-refractivity contribution in [2.45, 2.75) is 19.8 Å². The van der Waals surface area contributed by atoms with Gasteiger partial charge in [0.25, 0.3) is 0 Å². The van der Waals surface area contributed by atoms with Gasteiger partial charge in [0.2, 0.25) is 0 Å². The Balaban J connectivity index is 1.98. The van der Waals surface area contributed by atoms with E-state index in [0.29, 0.717) is 23.1 Å². The maximum atomic E-state index is 11.6. The molecule has 140 valence electrons. The van der Waals surface area contributed by atoms with E-state index in [-0.39, 0.29) is 11.3 Å². The van der Waals surface area contributed by atoms with Gasteiger partial charge in [-0.1, -0.05) is 55.5 Å². The molecule has 0 saturated carbocycles. The Kier molecular flexibility index (Phi) is 5.57. The lowest BCUT2D eigenvalue weighted by Crippen LogP contribution is -1.99. The van der Waals surface area contributed by atoms with Crippen LogP contribution in [0.5, 0.6) is 0 Å². The molecule has 0 unspecified atom stereocenters. The summed E-state index contributed by atoms with van der Waals surface area (Å²) in [6, 6.07) is 16.8. The Morgan fingerprint density at radius 1 is 0.964 bits per heavy atom. The van der Waals surface area contributed by atoms with E-state index in [2.05, 4.69) is 6.07 Å². The maximum absolute atomic E-state index is 11.6. The van der Waals surface area contributed by atoms with Crippen LogP contribution < -0.4 is 0 Å². The molecule has 0 spiro atoms. The van der Waals surface area contributed by atoms with Gasteiger partial charge in [-0.05, 0) is 28.7 Å². The van der Waals surface area contributed by atoms with Crippen LogP contribution in [0.25, 0.3) is 22.3 Å². The second-order valence-corrected chi connectivity index (χ2v) is 7.32. The number of nitrogens with zero attached hydrogens (tertiary/aromatic N) is 1. The first kappa shape index (κ1) is 19.3. The first-order chi connectivity index (χ1) is 13.4. The molecule has 0 aliphatic heterocycles. The van der Waals surface area contributed by atoms with E-state index in [0.717, 1.165) is 32.9 Å². The van der Waals surface area contributed by atoms with Gasteiger partial charge < -0.3 is 10.2 Å². The Bertz CT molecular complexity index is 1070. The van der Waals surface area contributed by atoms with Crippen molar-refractivity contribution >= 4 is 23.3 Å². The average Bonchev–Trinajstić information content (AvgIpc) is 3.07. The van der Waals surface area contributed by atoms with E-state index >= 15 is 0 Å². The van der Waals surface area contributed by atoms with Crippen LogP contribution in [0.15, 0.2) is 48.5 Å². The van der Waals surface area contributed by atoms with Crippen molar-refractivity contribution in [1.29, 1.82) is 5.26 Å². The molecular formula is C22H17NO4S. The molecule has 2 N–H and O–H groups in total. The zero-order valence-corrected chi connectivity index (χ0v) is 15.9. The second kappa shape index (κ2) is 8.07. The summed E-state index contributed by atoms with van der Waals surface area (Å²) in [6.45, 7) is 1.90. The number of hydrogen-bond donors (Lipinski definition) is 2. The van der Waals surface area contributed by atoms with Crippen LogP contribution in [-0.4, -0.2) is 22.2 Å². The monoisotopic (exact) mass is 391 g/mol. The van der Waals surface area contributed by atoms with Crippen LogP contribution in [0.4, 0.5) is 0 Å². The number of aryl methyl sites for hydroxylation is 1. The topological polar surface area (TPSA) is 98.4 Å². The summed E-state index contributed by atoms with van der Waals surface area (Å²) in [5.74, 6) is -1.91. The minimum Gasteiger partial charge on any atom is -0.481 e. The number of rotatable bonds is 6. The molecular weight excluding hydrogens is 374 g/mol. The van der Waals surface area contributed by atoms with Gasteiger partial charge in [0.15, 0.2) is 0 Å². The third kappa shape index (κ3) is 3.80. The molecule has 1 heterocycles. The molecule has 0 bridgehead atoms. The Morgan fingerprint density at radius 2 is 1.50 bits per heavy atom. The molecule has 0 radical (unpaired) electrons. The largest absolute Gasteiger partial charge is 0.481 e. The molecule has 0 aliphatic carbocycles. The minimum atomic E-state index is -1.03.